The zero-order valence-corrected chi connectivity index (χ0v) is 14.5. The molecule has 4 nitrogen and oxygen atoms in total. The van der Waals surface area contributed by atoms with Crippen molar-refractivity contribution in [1.29, 1.82) is 0 Å². The number of amides is 1. The molecule has 2 aromatic carbocycles. The summed E-state index contributed by atoms with van der Waals surface area (Å²) in [6, 6.07) is 16.6. The number of hydrogen-bond donors (Lipinski definition) is 0. The second-order valence-corrected chi connectivity index (χ2v) is 6.78. The van der Waals surface area contributed by atoms with Gasteiger partial charge < -0.3 is 14.5 Å². The predicted molar refractivity (Wildman–Crippen MR) is 99.2 cm³/mol. The number of fused-ring (bicyclic) bond motifs is 1. The number of ether oxygens (including phenoxy) is 1. The lowest BCUT2D eigenvalue weighted by Crippen LogP contribution is -2.50. The fourth-order valence-corrected chi connectivity index (χ4v) is 3.73. The zero-order chi connectivity index (χ0) is 17.1. The van der Waals surface area contributed by atoms with Gasteiger partial charge in [-0.05, 0) is 54.7 Å². The molecule has 1 heterocycles. The van der Waals surface area contributed by atoms with Crippen LogP contribution in [0, 0.1) is 0 Å². The summed E-state index contributed by atoms with van der Waals surface area (Å²) in [7, 11) is 0. The number of benzene rings is 2. The van der Waals surface area contributed by atoms with Gasteiger partial charge in [-0.3, -0.25) is 4.79 Å². The van der Waals surface area contributed by atoms with E-state index in [1.807, 2.05) is 17.0 Å². The molecule has 0 N–H and O–H groups in total. The van der Waals surface area contributed by atoms with Crippen LogP contribution in [0.3, 0.4) is 0 Å². The first kappa shape index (κ1) is 16.0. The monoisotopic (exact) mass is 336 g/mol. The summed E-state index contributed by atoms with van der Waals surface area (Å²) >= 11 is 0. The van der Waals surface area contributed by atoms with E-state index in [9.17, 15) is 4.79 Å². The largest absolute Gasteiger partial charge is 0.484 e. The van der Waals surface area contributed by atoms with E-state index in [2.05, 4.69) is 41.3 Å². The molecule has 0 unspecified atom stereocenters. The Hall–Kier alpha value is -2.49. The molecule has 0 saturated carbocycles. The average Bonchev–Trinajstić information content (AvgIpc) is 3.15. The molecule has 1 aliphatic carbocycles. The summed E-state index contributed by atoms with van der Waals surface area (Å²) in [5, 5.41) is 0. The summed E-state index contributed by atoms with van der Waals surface area (Å²) < 4.78 is 5.75. The van der Waals surface area contributed by atoms with Crippen molar-refractivity contribution >= 4 is 11.6 Å². The number of para-hydroxylation sites is 1. The second kappa shape index (κ2) is 7.18. The van der Waals surface area contributed by atoms with E-state index in [1.54, 1.807) is 0 Å². The van der Waals surface area contributed by atoms with E-state index in [0.717, 1.165) is 38.3 Å². The van der Waals surface area contributed by atoms with Crippen LogP contribution < -0.4 is 9.64 Å². The van der Waals surface area contributed by atoms with Crippen LogP contribution >= 0.6 is 0 Å². The maximum atomic E-state index is 12.4. The van der Waals surface area contributed by atoms with Crippen LogP contribution in [0.15, 0.2) is 48.5 Å². The molecule has 2 aliphatic rings. The van der Waals surface area contributed by atoms with E-state index in [1.165, 1.54) is 29.7 Å². The van der Waals surface area contributed by atoms with Crippen molar-refractivity contribution in [2.24, 2.45) is 0 Å². The Morgan fingerprint density at radius 2 is 1.68 bits per heavy atom. The lowest BCUT2D eigenvalue weighted by Gasteiger charge is -2.36. The van der Waals surface area contributed by atoms with Gasteiger partial charge in [0.05, 0.1) is 0 Å². The van der Waals surface area contributed by atoms with Crippen LogP contribution in [-0.2, 0) is 17.6 Å². The number of rotatable bonds is 4. The number of carbonyl (C=O) groups is 1. The van der Waals surface area contributed by atoms with Gasteiger partial charge in [-0.25, -0.2) is 0 Å². The summed E-state index contributed by atoms with van der Waals surface area (Å²) in [6.07, 6.45) is 3.52. The van der Waals surface area contributed by atoms with Crippen molar-refractivity contribution in [3.8, 4) is 5.75 Å². The quantitative estimate of drug-likeness (QED) is 0.861. The average molecular weight is 336 g/mol. The number of carbonyl (C=O) groups excluding carboxylic acids is 1. The van der Waals surface area contributed by atoms with Crippen molar-refractivity contribution < 1.29 is 9.53 Å². The molecule has 130 valence electrons. The molecule has 0 atom stereocenters. The van der Waals surface area contributed by atoms with E-state index in [-0.39, 0.29) is 12.5 Å². The van der Waals surface area contributed by atoms with Gasteiger partial charge in [0.15, 0.2) is 6.61 Å². The maximum Gasteiger partial charge on any atom is 0.260 e. The third-order valence-electron chi connectivity index (χ3n) is 5.19. The highest BCUT2D eigenvalue weighted by atomic mass is 16.5. The number of piperazine rings is 1. The van der Waals surface area contributed by atoms with Gasteiger partial charge in [0.2, 0.25) is 0 Å². The smallest absolute Gasteiger partial charge is 0.260 e. The predicted octanol–water partition coefficient (Wildman–Crippen LogP) is 2.90. The van der Waals surface area contributed by atoms with E-state index in [0.29, 0.717) is 0 Å². The summed E-state index contributed by atoms with van der Waals surface area (Å²) in [5.74, 6) is 0.894. The Kier molecular flexibility index (Phi) is 4.59. The van der Waals surface area contributed by atoms with Gasteiger partial charge in [-0.2, -0.15) is 0 Å². The molecule has 1 aliphatic heterocycles. The fraction of sp³-hybridized carbons (Fsp3) is 0.381. The third kappa shape index (κ3) is 3.63. The van der Waals surface area contributed by atoms with Crippen LogP contribution in [0.1, 0.15) is 17.5 Å². The molecule has 1 amide bonds. The van der Waals surface area contributed by atoms with Gasteiger partial charge in [0.25, 0.3) is 5.91 Å². The Labute approximate surface area is 149 Å². The minimum atomic E-state index is 0.0770. The summed E-state index contributed by atoms with van der Waals surface area (Å²) in [5.41, 5.74) is 4.03. The van der Waals surface area contributed by atoms with Crippen LogP contribution in [0.4, 0.5) is 5.69 Å². The van der Waals surface area contributed by atoms with E-state index < -0.39 is 0 Å². The number of nitrogens with zero attached hydrogens (tertiary/aromatic N) is 2. The molecule has 1 saturated heterocycles. The minimum absolute atomic E-state index is 0.0770. The Bertz CT molecular complexity index is 737. The first-order valence-corrected chi connectivity index (χ1v) is 9.12. The van der Waals surface area contributed by atoms with Crippen LogP contribution in [0.25, 0.3) is 0 Å². The van der Waals surface area contributed by atoms with Crippen molar-refractivity contribution in [2.45, 2.75) is 19.3 Å². The first-order valence-electron chi connectivity index (χ1n) is 9.12. The first-order chi connectivity index (χ1) is 12.3. The number of hydrogen-bond acceptors (Lipinski definition) is 3. The molecule has 0 aromatic heterocycles. The SMILES string of the molecule is O=C(COc1ccc2c(c1)CCC2)N1CCN(c2ccccc2)CC1. The molecule has 2 aromatic rings. The molecule has 4 rings (SSSR count). The Balaban J connectivity index is 1.28. The topological polar surface area (TPSA) is 32.8 Å². The number of anilines is 1. The van der Waals surface area contributed by atoms with Crippen LogP contribution in [0.2, 0.25) is 0 Å². The summed E-state index contributed by atoms with van der Waals surface area (Å²) in [4.78, 5) is 16.7. The van der Waals surface area contributed by atoms with Crippen molar-refractivity contribution in [3.63, 3.8) is 0 Å². The van der Waals surface area contributed by atoms with Crippen molar-refractivity contribution in [3.05, 3.63) is 59.7 Å². The molecule has 0 spiro atoms. The van der Waals surface area contributed by atoms with Gasteiger partial charge in [0.1, 0.15) is 5.75 Å². The Morgan fingerprint density at radius 1 is 0.920 bits per heavy atom. The lowest BCUT2D eigenvalue weighted by atomic mass is 10.1. The lowest BCUT2D eigenvalue weighted by molar-refractivity contribution is -0.133. The molecule has 4 heteroatoms. The highest BCUT2D eigenvalue weighted by Gasteiger charge is 2.21. The van der Waals surface area contributed by atoms with Crippen molar-refractivity contribution in [2.75, 3.05) is 37.7 Å². The highest BCUT2D eigenvalue weighted by Crippen LogP contribution is 2.26. The van der Waals surface area contributed by atoms with Crippen molar-refractivity contribution in [1.82, 2.24) is 4.90 Å². The summed E-state index contributed by atoms with van der Waals surface area (Å²) in [6.45, 7) is 3.37. The molecule has 0 radical (unpaired) electrons. The molecule has 25 heavy (non-hydrogen) atoms. The fourth-order valence-electron chi connectivity index (χ4n) is 3.73. The van der Waals surface area contributed by atoms with E-state index >= 15 is 0 Å². The third-order valence-corrected chi connectivity index (χ3v) is 5.19. The molecule has 1 fully saturated rings. The standard InChI is InChI=1S/C21H24N2O2/c24-21(16-25-20-10-9-17-5-4-6-18(17)15-20)23-13-11-22(12-14-23)19-7-2-1-3-8-19/h1-3,7-10,15H,4-6,11-14,16H2. The molecular formula is C21H24N2O2. The van der Waals surface area contributed by atoms with Gasteiger partial charge in [0, 0.05) is 31.9 Å². The zero-order valence-electron chi connectivity index (χ0n) is 14.5. The van der Waals surface area contributed by atoms with E-state index in [4.69, 9.17) is 4.74 Å². The van der Waals surface area contributed by atoms with Gasteiger partial charge >= 0.3 is 0 Å². The number of aryl methyl sites for hydroxylation is 2. The maximum absolute atomic E-state index is 12.4. The van der Waals surface area contributed by atoms with Gasteiger partial charge in [-0.1, -0.05) is 24.3 Å². The van der Waals surface area contributed by atoms with Crippen LogP contribution in [0.5, 0.6) is 5.75 Å². The normalized spacial score (nSPS) is 16.6. The second-order valence-electron chi connectivity index (χ2n) is 6.78. The highest BCUT2D eigenvalue weighted by molar-refractivity contribution is 5.78. The van der Waals surface area contributed by atoms with Gasteiger partial charge in [-0.15, -0.1) is 0 Å². The molecular weight excluding hydrogens is 312 g/mol. The molecule has 0 bridgehead atoms. The minimum Gasteiger partial charge on any atom is -0.484 e. The Morgan fingerprint density at radius 3 is 2.48 bits per heavy atom. The van der Waals surface area contributed by atoms with Crippen LogP contribution in [-0.4, -0.2) is 43.6 Å².